The Hall–Kier alpha value is -3.48. The maximum absolute atomic E-state index is 12.5. The summed E-state index contributed by atoms with van der Waals surface area (Å²) in [6, 6.07) is 9.53. The number of carboxylic acid groups (broad SMARTS) is 1. The van der Waals surface area contributed by atoms with Gasteiger partial charge in [-0.2, -0.15) is 0 Å². The van der Waals surface area contributed by atoms with Gasteiger partial charge in [-0.05, 0) is 18.2 Å². The maximum Gasteiger partial charge on any atom is 0.307 e. The highest BCUT2D eigenvalue weighted by molar-refractivity contribution is 5.85. The minimum Gasteiger partial charge on any atom is -0.493 e. The molecular weight excluding hydrogens is 352 g/mol. The van der Waals surface area contributed by atoms with Crippen LogP contribution in [0.25, 0.3) is 22.3 Å². The van der Waals surface area contributed by atoms with Crippen LogP contribution in [0.3, 0.4) is 0 Å². The number of fused-ring (bicyclic) bond motifs is 1. The summed E-state index contributed by atoms with van der Waals surface area (Å²) in [5.74, 6) is 0.494. The number of rotatable bonds is 6. The van der Waals surface area contributed by atoms with E-state index in [0.29, 0.717) is 33.8 Å². The van der Waals surface area contributed by atoms with E-state index >= 15 is 0 Å². The van der Waals surface area contributed by atoms with Gasteiger partial charge in [0, 0.05) is 17.2 Å². The molecule has 0 atom stereocenters. The van der Waals surface area contributed by atoms with E-state index in [0.717, 1.165) is 0 Å². The molecule has 0 saturated heterocycles. The average molecular weight is 370 g/mol. The molecule has 27 heavy (non-hydrogen) atoms. The second kappa shape index (κ2) is 7.41. The average Bonchev–Trinajstić information content (AvgIpc) is 2.66. The lowest BCUT2D eigenvalue weighted by Gasteiger charge is -2.14. The molecule has 0 radical (unpaired) electrons. The Kier molecular flexibility index (Phi) is 5.03. The van der Waals surface area contributed by atoms with Crippen molar-refractivity contribution < 1.29 is 28.5 Å². The van der Waals surface area contributed by atoms with Gasteiger partial charge in [0.1, 0.15) is 11.3 Å². The van der Waals surface area contributed by atoms with E-state index in [-0.39, 0.29) is 23.2 Å². The van der Waals surface area contributed by atoms with Crippen molar-refractivity contribution in [2.75, 3.05) is 21.3 Å². The zero-order valence-corrected chi connectivity index (χ0v) is 15.1. The minimum absolute atomic E-state index is 0.246. The maximum atomic E-state index is 12.5. The fourth-order valence-electron chi connectivity index (χ4n) is 2.90. The molecule has 0 saturated carbocycles. The topological polar surface area (TPSA) is 95.2 Å². The van der Waals surface area contributed by atoms with Crippen LogP contribution in [0.2, 0.25) is 0 Å². The molecule has 7 heteroatoms. The van der Waals surface area contributed by atoms with Crippen LogP contribution in [-0.2, 0) is 11.2 Å². The quantitative estimate of drug-likeness (QED) is 0.712. The van der Waals surface area contributed by atoms with Gasteiger partial charge in [0.05, 0.1) is 33.1 Å². The molecule has 0 aliphatic heterocycles. The predicted molar refractivity (Wildman–Crippen MR) is 98.9 cm³/mol. The van der Waals surface area contributed by atoms with Gasteiger partial charge in [-0.25, -0.2) is 0 Å². The van der Waals surface area contributed by atoms with Gasteiger partial charge in [-0.15, -0.1) is 0 Å². The zero-order valence-electron chi connectivity index (χ0n) is 15.1. The van der Waals surface area contributed by atoms with Crippen molar-refractivity contribution in [3.63, 3.8) is 0 Å². The van der Waals surface area contributed by atoms with Crippen LogP contribution in [0.5, 0.6) is 17.2 Å². The third kappa shape index (κ3) is 3.44. The van der Waals surface area contributed by atoms with Crippen LogP contribution in [0.15, 0.2) is 45.6 Å². The van der Waals surface area contributed by atoms with E-state index in [1.54, 1.807) is 30.3 Å². The Morgan fingerprint density at radius 3 is 2.26 bits per heavy atom. The lowest BCUT2D eigenvalue weighted by molar-refractivity contribution is -0.136. The minimum atomic E-state index is -1.01. The second-order valence-corrected chi connectivity index (χ2v) is 5.75. The molecule has 7 nitrogen and oxygen atoms in total. The first kappa shape index (κ1) is 18.3. The summed E-state index contributed by atoms with van der Waals surface area (Å²) < 4.78 is 21.9. The van der Waals surface area contributed by atoms with E-state index in [4.69, 9.17) is 23.7 Å². The van der Waals surface area contributed by atoms with Crippen molar-refractivity contribution in [3.8, 4) is 28.6 Å². The number of carboxylic acids is 1. The van der Waals surface area contributed by atoms with Crippen molar-refractivity contribution >= 4 is 16.9 Å². The van der Waals surface area contributed by atoms with Crippen molar-refractivity contribution in [1.82, 2.24) is 0 Å². The van der Waals surface area contributed by atoms with Crippen molar-refractivity contribution in [2.45, 2.75) is 6.42 Å². The van der Waals surface area contributed by atoms with E-state index in [2.05, 4.69) is 0 Å². The fraction of sp³-hybridized carbons (Fsp3) is 0.200. The standard InChI is InChI=1S/C20H18O7/c1-24-16-7-12(8-17(25-2)20(16)26-3)15-10-14(21)13-6-4-5-11(9-18(22)23)19(13)27-15/h4-8,10H,9H2,1-3H3,(H,22,23). The molecule has 3 aromatic rings. The number of aliphatic carboxylic acids is 1. The van der Waals surface area contributed by atoms with Gasteiger partial charge in [0.2, 0.25) is 5.75 Å². The third-order valence-electron chi connectivity index (χ3n) is 4.13. The summed E-state index contributed by atoms with van der Waals surface area (Å²) in [5, 5.41) is 9.43. The Bertz CT molecular complexity index is 1040. The molecule has 0 aliphatic carbocycles. The Morgan fingerprint density at radius 1 is 1.04 bits per heavy atom. The molecule has 0 amide bonds. The van der Waals surface area contributed by atoms with Crippen LogP contribution in [-0.4, -0.2) is 32.4 Å². The highest BCUT2D eigenvalue weighted by Crippen LogP contribution is 2.41. The number of methoxy groups -OCH3 is 3. The number of ether oxygens (including phenoxy) is 3. The largest absolute Gasteiger partial charge is 0.493 e. The van der Waals surface area contributed by atoms with Gasteiger partial charge in [-0.3, -0.25) is 9.59 Å². The van der Waals surface area contributed by atoms with Gasteiger partial charge < -0.3 is 23.7 Å². The normalized spacial score (nSPS) is 10.6. The molecular formula is C20H18O7. The number of carbonyl (C=O) groups is 1. The lowest BCUT2D eigenvalue weighted by Crippen LogP contribution is -2.05. The third-order valence-corrected chi connectivity index (χ3v) is 4.13. The SMILES string of the molecule is COc1cc(-c2cc(=O)c3cccc(CC(=O)O)c3o2)cc(OC)c1OC. The second-order valence-electron chi connectivity index (χ2n) is 5.75. The highest BCUT2D eigenvalue weighted by Gasteiger charge is 2.17. The summed E-state index contributed by atoms with van der Waals surface area (Å²) in [7, 11) is 4.47. The summed E-state index contributed by atoms with van der Waals surface area (Å²) in [6.45, 7) is 0. The van der Waals surface area contributed by atoms with Crippen molar-refractivity contribution in [1.29, 1.82) is 0 Å². The van der Waals surface area contributed by atoms with Gasteiger partial charge in [0.25, 0.3) is 0 Å². The first-order valence-electron chi connectivity index (χ1n) is 8.06. The van der Waals surface area contributed by atoms with E-state index in [1.807, 2.05) is 0 Å². The first-order chi connectivity index (χ1) is 13.0. The summed E-state index contributed by atoms with van der Waals surface area (Å²) >= 11 is 0. The fourth-order valence-corrected chi connectivity index (χ4v) is 2.90. The van der Waals surface area contributed by atoms with E-state index < -0.39 is 5.97 Å². The van der Waals surface area contributed by atoms with E-state index in [9.17, 15) is 9.59 Å². The lowest BCUT2D eigenvalue weighted by atomic mass is 10.1. The summed E-state index contributed by atoms with van der Waals surface area (Å²) in [4.78, 5) is 23.7. The summed E-state index contributed by atoms with van der Waals surface area (Å²) in [6.07, 6.45) is -0.251. The molecule has 1 N–H and O–H groups in total. The number of hydrogen-bond donors (Lipinski definition) is 1. The Morgan fingerprint density at radius 2 is 1.70 bits per heavy atom. The van der Waals surface area contributed by atoms with Crippen LogP contribution < -0.4 is 19.6 Å². The molecule has 1 aromatic heterocycles. The smallest absolute Gasteiger partial charge is 0.307 e. The summed E-state index contributed by atoms with van der Waals surface area (Å²) in [5.41, 5.74) is 0.934. The molecule has 2 aromatic carbocycles. The molecule has 0 aliphatic rings. The Labute approximate surface area is 154 Å². The molecule has 1 heterocycles. The van der Waals surface area contributed by atoms with Crippen LogP contribution in [0.4, 0.5) is 0 Å². The monoisotopic (exact) mass is 370 g/mol. The molecule has 0 unspecified atom stereocenters. The van der Waals surface area contributed by atoms with Crippen molar-refractivity contribution in [3.05, 3.63) is 52.2 Å². The molecule has 140 valence electrons. The van der Waals surface area contributed by atoms with Crippen LogP contribution >= 0.6 is 0 Å². The van der Waals surface area contributed by atoms with Gasteiger partial charge in [0.15, 0.2) is 16.9 Å². The molecule has 0 fully saturated rings. The van der Waals surface area contributed by atoms with Crippen LogP contribution in [0.1, 0.15) is 5.56 Å². The number of hydrogen-bond acceptors (Lipinski definition) is 6. The molecule has 0 bridgehead atoms. The molecule has 0 spiro atoms. The van der Waals surface area contributed by atoms with Gasteiger partial charge >= 0.3 is 5.97 Å². The van der Waals surface area contributed by atoms with Crippen LogP contribution in [0, 0.1) is 0 Å². The zero-order chi connectivity index (χ0) is 19.6. The number of para-hydroxylation sites is 1. The van der Waals surface area contributed by atoms with Crippen molar-refractivity contribution in [2.24, 2.45) is 0 Å². The van der Waals surface area contributed by atoms with E-state index in [1.165, 1.54) is 27.4 Å². The molecule has 3 rings (SSSR count). The predicted octanol–water partition coefficient (Wildman–Crippen LogP) is 3.11. The highest BCUT2D eigenvalue weighted by atomic mass is 16.5. The Balaban J connectivity index is 2.26. The number of benzene rings is 2. The van der Waals surface area contributed by atoms with Gasteiger partial charge in [-0.1, -0.05) is 12.1 Å². The first-order valence-corrected chi connectivity index (χ1v) is 8.06.